The van der Waals surface area contributed by atoms with E-state index in [2.05, 4.69) is 9.97 Å². The molecule has 2 heterocycles. The Morgan fingerprint density at radius 1 is 1.31 bits per heavy atom. The number of hydrogen-bond acceptors (Lipinski definition) is 6. The molecule has 0 aliphatic heterocycles. The molecule has 8 heteroatoms. The smallest absolute Gasteiger partial charge is 0.270 e. The minimum absolute atomic E-state index is 0.0225. The van der Waals surface area contributed by atoms with Crippen molar-refractivity contribution >= 4 is 38.3 Å². The fourth-order valence-corrected chi connectivity index (χ4v) is 3.90. The molecule has 1 aromatic carbocycles. The van der Waals surface area contributed by atoms with Crippen molar-refractivity contribution < 1.29 is 9.72 Å². The highest BCUT2D eigenvalue weighted by Gasteiger charge is 2.32. The standard InChI is InChI=1S/C18H16N4O3S/c23-17(12-4-3-5-12)21(11-13-6-1-2-9-19-13)18-20-15-8-7-14(22(24)25)10-16(15)26-18/h1-2,6-10,12H,3-5,11H2. The lowest BCUT2D eigenvalue weighted by atomic mass is 9.84. The average Bonchev–Trinajstić information content (AvgIpc) is 3.01. The maximum atomic E-state index is 12.9. The van der Waals surface area contributed by atoms with Gasteiger partial charge in [0.2, 0.25) is 5.91 Å². The highest BCUT2D eigenvalue weighted by atomic mass is 32.1. The number of pyridine rings is 1. The first-order chi connectivity index (χ1) is 12.6. The van der Waals surface area contributed by atoms with Crippen LogP contribution in [0, 0.1) is 16.0 Å². The minimum Gasteiger partial charge on any atom is -0.282 e. The Hall–Kier alpha value is -2.87. The highest BCUT2D eigenvalue weighted by Crippen LogP contribution is 2.35. The number of carbonyl (C=O) groups excluding carboxylic acids is 1. The van der Waals surface area contributed by atoms with Gasteiger partial charge in [-0.2, -0.15) is 0 Å². The monoisotopic (exact) mass is 368 g/mol. The van der Waals surface area contributed by atoms with E-state index in [9.17, 15) is 14.9 Å². The quantitative estimate of drug-likeness (QED) is 0.503. The molecule has 0 atom stereocenters. The van der Waals surface area contributed by atoms with Gasteiger partial charge >= 0.3 is 0 Å². The van der Waals surface area contributed by atoms with Crippen molar-refractivity contribution in [1.29, 1.82) is 0 Å². The second-order valence-corrected chi connectivity index (χ2v) is 7.29. The predicted molar refractivity (Wildman–Crippen MR) is 99.0 cm³/mol. The van der Waals surface area contributed by atoms with Crippen LogP contribution >= 0.6 is 11.3 Å². The van der Waals surface area contributed by atoms with E-state index in [0.717, 1.165) is 25.0 Å². The maximum absolute atomic E-state index is 12.9. The van der Waals surface area contributed by atoms with E-state index in [-0.39, 0.29) is 17.5 Å². The Morgan fingerprint density at radius 3 is 2.81 bits per heavy atom. The molecule has 0 saturated heterocycles. The number of nitro groups is 1. The second kappa shape index (κ2) is 6.80. The normalized spacial score (nSPS) is 14.2. The number of rotatable bonds is 5. The Morgan fingerprint density at radius 2 is 2.15 bits per heavy atom. The molecule has 0 radical (unpaired) electrons. The summed E-state index contributed by atoms with van der Waals surface area (Å²) in [6, 6.07) is 10.2. The summed E-state index contributed by atoms with van der Waals surface area (Å²) < 4.78 is 0.696. The number of thiazole rings is 1. The number of nitrogens with zero attached hydrogens (tertiary/aromatic N) is 4. The van der Waals surface area contributed by atoms with E-state index in [4.69, 9.17) is 0 Å². The van der Waals surface area contributed by atoms with Gasteiger partial charge in [0.15, 0.2) is 5.13 Å². The molecule has 0 bridgehead atoms. The number of nitro benzene ring substituents is 1. The summed E-state index contributed by atoms with van der Waals surface area (Å²) in [7, 11) is 0. The summed E-state index contributed by atoms with van der Waals surface area (Å²) in [5.74, 6) is 0.0792. The summed E-state index contributed by atoms with van der Waals surface area (Å²) >= 11 is 1.30. The number of amides is 1. The summed E-state index contributed by atoms with van der Waals surface area (Å²) in [5.41, 5.74) is 1.46. The number of carbonyl (C=O) groups is 1. The van der Waals surface area contributed by atoms with E-state index in [1.54, 1.807) is 17.2 Å². The van der Waals surface area contributed by atoms with Crippen molar-refractivity contribution in [3.05, 3.63) is 58.4 Å². The molecule has 0 unspecified atom stereocenters. The van der Waals surface area contributed by atoms with Crippen molar-refractivity contribution in [1.82, 2.24) is 9.97 Å². The lowest BCUT2D eigenvalue weighted by Crippen LogP contribution is -2.38. The van der Waals surface area contributed by atoms with Gasteiger partial charge in [-0.3, -0.25) is 24.8 Å². The zero-order valence-corrected chi connectivity index (χ0v) is 14.7. The van der Waals surface area contributed by atoms with Crippen LogP contribution < -0.4 is 4.90 Å². The molecule has 132 valence electrons. The molecule has 1 aliphatic rings. The molecule has 1 aliphatic carbocycles. The number of aromatic nitrogens is 2. The van der Waals surface area contributed by atoms with Gasteiger partial charge < -0.3 is 0 Å². The third-order valence-electron chi connectivity index (χ3n) is 4.57. The zero-order chi connectivity index (χ0) is 18.1. The molecule has 2 aromatic heterocycles. The van der Waals surface area contributed by atoms with Gasteiger partial charge in [-0.1, -0.05) is 23.8 Å². The summed E-state index contributed by atoms with van der Waals surface area (Å²) in [5, 5.41) is 11.5. The third kappa shape index (κ3) is 3.15. The maximum Gasteiger partial charge on any atom is 0.270 e. The fraction of sp³-hybridized carbons (Fsp3) is 0.278. The number of anilines is 1. The van der Waals surface area contributed by atoms with E-state index in [1.807, 2.05) is 18.2 Å². The summed E-state index contributed by atoms with van der Waals surface area (Å²) in [6.07, 6.45) is 4.56. The van der Waals surface area contributed by atoms with Gasteiger partial charge in [0, 0.05) is 24.2 Å². The Bertz CT molecular complexity index is 969. The van der Waals surface area contributed by atoms with Gasteiger partial charge in [0.1, 0.15) is 0 Å². The Balaban J connectivity index is 1.71. The van der Waals surface area contributed by atoms with Crippen LogP contribution in [-0.4, -0.2) is 20.8 Å². The van der Waals surface area contributed by atoms with Crippen molar-refractivity contribution in [3.8, 4) is 0 Å². The summed E-state index contributed by atoms with van der Waals surface area (Å²) in [6.45, 7) is 0.345. The first kappa shape index (κ1) is 16.6. The third-order valence-corrected chi connectivity index (χ3v) is 5.61. The topological polar surface area (TPSA) is 89.2 Å². The molecule has 0 spiro atoms. The minimum atomic E-state index is -0.427. The molecule has 26 heavy (non-hydrogen) atoms. The van der Waals surface area contributed by atoms with E-state index >= 15 is 0 Å². The molecule has 4 rings (SSSR count). The zero-order valence-electron chi connectivity index (χ0n) is 13.9. The van der Waals surface area contributed by atoms with E-state index in [0.29, 0.717) is 21.9 Å². The first-order valence-corrected chi connectivity index (χ1v) is 9.20. The molecule has 0 N–H and O–H groups in total. The number of non-ortho nitro benzene ring substituents is 1. The van der Waals surface area contributed by atoms with Crippen LogP contribution in [0.25, 0.3) is 10.2 Å². The van der Waals surface area contributed by atoms with Crippen LogP contribution in [0.4, 0.5) is 10.8 Å². The van der Waals surface area contributed by atoms with E-state index in [1.165, 1.54) is 23.5 Å². The largest absolute Gasteiger partial charge is 0.282 e. The molecular weight excluding hydrogens is 352 g/mol. The van der Waals surface area contributed by atoms with Gasteiger partial charge in [-0.05, 0) is 31.0 Å². The van der Waals surface area contributed by atoms with Crippen molar-refractivity contribution in [2.75, 3.05) is 4.90 Å². The lowest BCUT2D eigenvalue weighted by molar-refractivity contribution is -0.384. The van der Waals surface area contributed by atoms with Crippen LogP contribution in [0.5, 0.6) is 0 Å². The van der Waals surface area contributed by atoms with Crippen LogP contribution in [0.3, 0.4) is 0 Å². The number of hydrogen-bond donors (Lipinski definition) is 0. The molecule has 3 aromatic rings. The second-order valence-electron chi connectivity index (χ2n) is 6.28. The predicted octanol–water partition coefficient (Wildman–Crippen LogP) is 3.93. The van der Waals surface area contributed by atoms with Gasteiger partial charge in [0.05, 0.1) is 27.4 Å². The van der Waals surface area contributed by atoms with Crippen LogP contribution in [-0.2, 0) is 11.3 Å². The molecule has 1 saturated carbocycles. The Kier molecular flexibility index (Phi) is 4.34. The van der Waals surface area contributed by atoms with Crippen LogP contribution in [0.15, 0.2) is 42.6 Å². The SMILES string of the molecule is O=C(C1CCC1)N(Cc1ccccn1)c1nc2ccc([N+](=O)[O-])cc2s1. The molecule has 7 nitrogen and oxygen atoms in total. The van der Waals surface area contributed by atoms with Gasteiger partial charge in [0.25, 0.3) is 5.69 Å². The highest BCUT2D eigenvalue weighted by molar-refractivity contribution is 7.22. The van der Waals surface area contributed by atoms with Crippen molar-refractivity contribution in [3.63, 3.8) is 0 Å². The molecule has 1 amide bonds. The van der Waals surface area contributed by atoms with Gasteiger partial charge in [-0.25, -0.2) is 4.98 Å². The van der Waals surface area contributed by atoms with Crippen molar-refractivity contribution in [2.45, 2.75) is 25.8 Å². The molecule has 1 fully saturated rings. The van der Waals surface area contributed by atoms with E-state index < -0.39 is 4.92 Å². The van der Waals surface area contributed by atoms with Crippen LogP contribution in [0.2, 0.25) is 0 Å². The van der Waals surface area contributed by atoms with Gasteiger partial charge in [-0.15, -0.1) is 0 Å². The molecular formula is C18H16N4O3S. The lowest BCUT2D eigenvalue weighted by Gasteiger charge is -2.30. The summed E-state index contributed by atoms with van der Waals surface area (Å²) in [4.78, 5) is 34.0. The number of benzene rings is 1. The first-order valence-electron chi connectivity index (χ1n) is 8.38. The number of fused-ring (bicyclic) bond motifs is 1. The van der Waals surface area contributed by atoms with Crippen molar-refractivity contribution in [2.24, 2.45) is 5.92 Å². The average molecular weight is 368 g/mol. The van der Waals surface area contributed by atoms with Crippen LogP contribution in [0.1, 0.15) is 25.0 Å². The Labute approximate surface area is 153 Å². The fourth-order valence-electron chi connectivity index (χ4n) is 2.90.